The molecule has 0 aromatic carbocycles. The highest BCUT2D eigenvalue weighted by Crippen LogP contribution is 2.40. The van der Waals surface area contributed by atoms with Gasteiger partial charge in [0.25, 0.3) is 0 Å². The van der Waals surface area contributed by atoms with Crippen molar-refractivity contribution in [3.05, 3.63) is 0 Å². The van der Waals surface area contributed by atoms with E-state index in [2.05, 4.69) is 12.2 Å². The summed E-state index contributed by atoms with van der Waals surface area (Å²) >= 11 is 0. The second kappa shape index (κ2) is 2.54. The molecule has 2 aliphatic rings. The van der Waals surface area contributed by atoms with Gasteiger partial charge in [-0.3, -0.25) is 0 Å². The first kappa shape index (κ1) is 6.66. The van der Waals surface area contributed by atoms with Crippen LogP contribution in [0.25, 0.3) is 0 Å². The van der Waals surface area contributed by atoms with Crippen molar-refractivity contribution in [2.75, 3.05) is 13.1 Å². The number of hydrogen-bond donors (Lipinski definition) is 1. The van der Waals surface area contributed by atoms with Crippen LogP contribution >= 0.6 is 0 Å². The number of hydrogen-bond acceptors (Lipinski definition) is 1. The highest BCUT2D eigenvalue weighted by atomic mass is 14.9. The first-order chi connectivity index (χ1) is 4.86. The predicted molar refractivity (Wildman–Crippen MR) is 42.9 cm³/mol. The fourth-order valence-corrected chi connectivity index (χ4v) is 2.43. The standard InChI is InChI=1S/C9H17N/c1-7-4-9(5-7)8-2-3-10-6-8/h7-10H,2-6H2,1H3. The van der Waals surface area contributed by atoms with Gasteiger partial charge in [-0.1, -0.05) is 6.92 Å². The lowest BCUT2D eigenvalue weighted by Crippen LogP contribution is -2.29. The van der Waals surface area contributed by atoms with Crippen molar-refractivity contribution in [1.29, 1.82) is 0 Å². The van der Waals surface area contributed by atoms with E-state index < -0.39 is 0 Å². The van der Waals surface area contributed by atoms with Gasteiger partial charge >= 0.3 is 0 Å². The summed E-state index contributed by atoms with van der Waals surface area (Å²) < 4.78 is 0. The Morgan fingerprint density at radius 1 is 1.20 bits per heavy atom. The van der Waals surface area contributed by atoms with Gasteiger partial charge in [-0.15, -0.1) is 0 Å². The molecule has 1 unspecified atom stereocenters. The van der Waals surface area contributed by atoms with Gasteiger partial charge < -0.3 is 5.32 Å². The van der Waals surface area contributed by atoms with E-state index in [4.69, 9.17) is 0 Å². The fourth-order valence-electron chi connectivity index (χ4n) is 2.43. The average molecular weight is 139 g/mol. The Bertz CT molecular complexity index is 110. The lowest BCUT2D eigenvalue weighted by Gasteiger charge is -2.36. The molecule has 0 spiro atoms. The number of nitrogens with one attached hydrogen (secondary N) is 1. The Kier molecular flexibility index (Phi) is 1.69. The molecule has 1 heteroatoms. The SMILES string of the molecule is CC1CC(C2CCNC2)C1. The Balaban J connectivity index is 1.78. The second-order valence-corrected chi connectivity index (χ2v) is 4.09. The van der Waals surface area contributed by atoms with E-state index in [1.165, 1.54) is 32.4 Å². The van der Waals surface area contributed by atoms with E-state index in [1.807, 2.05) is 0 Å². The van der Waals surface area contributed by atoms with Crippen molar-refractivity contribution in [3.63, 3.8) is 0 Å². The van der Waals surface area contributed by atoms with Crippen LogP contribution in [0.15, 0.2) is 0 Å². The number of rotatable bonds is 1. The van der Waals surface area contributed by atoms with Crippen molar-refractivity contribution in [1.82, 2.24) is 5.32 Å². The average Bonchev–Trinajstić information content (AvgIpc) is 2.31. The molecular formula is C9H17N. The molecule has 2 fully saturated rings. The molecule has 0 aromatic rings. The largest absolute Gasteiger partial charge is 0.316 e. The van der Waals surface area contributed by atoms with Crippen molar-refractivity contribution in [3.8, 4) is 0 Å². The van der Waals surface area contributed by atoms with Crippen molar-refractivity contribution < 1.29 is 0 Å². The molecule has 1 nitrogen and oxygen atoms in total. The van der Waals surface area contributed by atoms with Crippen LogP contribution in [0, 0.1) is 17.8 Å². The van der Waals surface area contributed by atoms with Gasteiger partial charge in [0, 0.05) is 0 Å². The quantitative estimate of drug-likeness (QED) is 0.582. The maximum Gasteiger partial charge on any atom is -0.00174 e. The van der Waals surface area contributed by atoms with Crippen molar-refractivity contribution >= 4 is 0 Å². The molecular weight excluding hydrogens is 122 g/mol. The minimum Gasteiger partial charge on any atom is -0.316 e. The maximum atomic E-state index is 3.44. The van der Waals surface area contributed by atoms with E-state index in [1.54, 1.807) is 0 Å². The van der Waals surface area contributed by atoms with E-state index in [0.717, 1.165) is 17.8 Å². The summed E-state index contributed by atoms with van der Waals surface area (Å²) in [5, 5.41) is 3.44. The molecule has 1 N–H and O–H groups in total. The highest BCUT2D eigenvalue weighted by molar-refractivity contribution is 4.86. The molecule has 1 heterocycles. The summed E-state index contributed by atoms with van der Waals surface area (Å²) in [5.41, 5.74) is 0. The van der Waals surface area contributed by atoms with E-state index in [-0.39, 0.29) is 0 Å². The van der Waals surface area contributed by atoms with Crippen LogP contribution in [0.4, 0.5) is 0 Å². The van der Waals surface area contributed by atoms with Crippen LogP contribution in [0.5, 0.6) is 0 Å². The van der Waals surface area contributed by atoms with E-state index in [9.17, 15) is 0 Å². The van der Waals surface area contributed by atoms with Gasteiger partial charge in [0.1, 0.15) is 0 Å². The smallest absolute Gasteiger partial charge is 0.00174 e. The molecule has 1 aliphatic heterocycles. The lowest BCUT2D eigenvalue weighted by molar-refractivity contribution is 0.146. The first-order valence-electron chi connectivity index (χ1n) is 4.57. The molecule has 10 heavy (non-hydrogen) atoms. The molecule has 0 bridgehead atoms. The zero-order valence-electron chi connectivity index (χ0n) is 6.77. The van der Waals surface area contributed by atoms with Crippen LogP contribution in [-0.2, 0) is 0 Å². The third-order valence-electron chi connectivity index (χ3n) is 3.18. The zero-order valence-corrected chi connectivity index (χ0v) is 6.77. The summed E-state index contributed by atoms with van der Waals surface area (Å²) in [5.74, 6) is 3.16. The summed E-state index contributed by atoms with van der Waals surface area (Å²) in [4.78, 5) is 0. The molecule has 58 valence electrons. The third-order valence-corrected chi connectivity index (χ3v) is 3.18. The van der Waals surface area contributed by atoms with E-state index in [0.29, 0.717) is 0 Å². The van der Waals surface area contributed by atoms with Crippen LogP contribution in [0.1, 0.15) is 26.2 Å². The summed E-state index contributed by atoms with van der Waals surface area (Å²) in [7, 11) is 0. The van der Waals surface area contributed by atoms with Crippen LogP contribution in [0.2, 0.25) is 0 Å². The van der Waals surface area contributed by atoms with Gasteiger partial charge in [-0.2, -0.15) is 0 Å². The van der Waals surface area contributed by atoms with Crippen LogP contribution in [-0.4, -0.2) is 13.1 Å². The van der Waals surface area contributed by atoms with Gasteiger partial charge in [0.15, 0.2) is 0 Å². The normalized spacial score (nSPS) is 47.1. The first-order valence-corrected chi connectivity index (χ1v) is 4.57. The topological polar surface area (TPSA) is 12.0 Å². The van der Waals surface area contributed by atoms with Gasteiger partial charge in [0.2, 0.25) is 0 Å². The van der Waals surface area contributed by atoms with Crippen molar-refractivity contribution in [2.24, 2.45) is 17.8 Å². The molecule has 0 radical (unpaired) electrons. The molecule has 1 saturated heterocycles. The summed E-state index contributed by atoms with van der Waals surface area (Å²) in [6, 6.07) is 0. The van der Waals surface area contributed by atoms with Gasteiger partial charge in [-0.05, 0) is 50.1 Å². The maximum absolute atomic E-state index is 3.44. The molecule has 0 amide bonds. The molecule has 1 saturated carbocycles. The Labute approximate surface area is 63.2 Å². The van der Waals surface area contributed by atoms with Crippen LogP contribution in [0.3, 0.4) is 0 Å². The highest BCUT2D eigenvalue weighted by Gasteiger charge is 2.33. The van der Waals surface area contributed by atoms with Crippen molar-refractivity contribution in [2.45, 2.75) is 26.2 Å². The molecule has 0 aromatic heterocycles. The third kappa shape index (κ3) is 1.07. The molecule has 2 rings (SSSR count). The second-order valence-electron chi connectivity index (χ2n) is 4.09. The van der Waals surface area contributed by atoms with Gasteiger partial charge in [-0.25, -0.2) is 0 Å². The Morgan fingerprint density at radius 3 is 2.50 bits per heavy atom. The monoisotopic (exact) mass is 139 g/mol. The zero-order chi connectivity index (χ0) is 6.97. The Hall–Kier alpha value is -0.0400. The Morgan fingerprint density at radius 2 is 2.00 bits per heavy atom. The summed E-state index contributed by atoms with van der Waals surface area (Å²) in [6.45, 7) is 4.95. The predicted octanol–water partition coefficient (Wildman–Crippen LogP) is 1.64. The fraction of sp³-hybridized carbons (Fsp3) is 1.00. The lowest BCUT2D eigenvalue weighted by atomic mass is 9.69. The minimum atomic E-state index is 1.03. The van der Waals surface area contributed by atoms with Crippen LogP contribution < -0.4 is 5.32 Å². The summed E-state index contributed by atoms with van der Waals surface area (Å²) in [6.07, 6.45) is 4.45. The molecule has 1 aliphatic carbocycles. The van der Waals surface area contributed by atoms with Gasteiger partial charge in [0.05, 0.1) is 0 Å². The van der Waals surface area contributed by atoms with E-state index >= 15 is 0 Å². The minimum absolute atomic E-state index is 1.03. The molecule has 1 atom stereocenters.